The van der Waals surface area contributed by atoms with Crippen LogP contribution in [0.2, 0.25) is 0 Å². The topological polar surface area (TPSA) is 55.4 Å². The summed E-state index contributed by atoms with van der Waals surface area (Å²) in [5, 5.41) is 2.72. The fourth-order valence-electron chi connectivity index (χ4n) is 1.55. The van der Waals surface area contributed by atoms with Crippen LogP contribution in [0.25, 0.3) is 0 Å². The van der Waals surface area contributed by atoms with Crippen molar-refractivity contribution in [3.05, 3.63) is 0 Å². The Morgan fingerprint density at radius 2 is 1.94 bits per heavy atom. The molecule has 102 valence electrons. The molecule has 0 aromatic rings. The molecule has 0 fully saturated rings. The number of carbonyl (C=O) groups is 2. The van der Waals surface area contributed by atoms with Crippen molar-refractivity contribution in [3.63, 3.8) is 0 Å². The lowest BCUT2D eigenvalue weighted by Gasteiger charge is -2.27. The predicted molar refractivity (Wildman–Crippen MR) is 70.7 cm³/mol. The van der Waals surface area contributed by atoms with Crippen molar-refractivity contribution in [2.45, 2.75) is 41.0 Å². The highest BCUT2D eigenvalue weighted by molar-refractivity contribution is 5.98. The first-order valence-corrected chi connectivity index (χ1v) is 6.18. The molecule has 0 spiro atoms. The molecule has 0 saturated carbocycles. The summed E-state index contributed by atoms with van der Waals surface area (Å²) >= 11 is 0. The van der Waals surface area contributed by atoms with Crippen LogP contribution in [0.5, 0.6) is 0 Å². The van der Waals surface area contributed by atoms with Crippen LogP contribution in [-0.2, 0) is 14.3 Å². The Morgan fingerprint density at radius 1 is 1.33 bits per heavy atom. The summed E-state index contributed by atoms with van der Waals surface area (Å²) < 4.78 is 4.95. The first kappa shape index (κ1) is 16.5. The van der Waals surface area contributed by atoms with E-state index in [0.717, 1.165) is 0 Å². The molecule has 0 aliphatic heterocycles. The van der Waals surface area contributed by atoms with E-state index in [0.29, 0.717) is 13.0 Å². The number of amides is 1. The van der Waals surface area contributed by atoms with E-state index in [9.17, 15) is 9.59 Å². The van der Waals surface area contributed by atoms with Crippen molar-refractivity contribution >= 4 is 11.9 Å². The van der Waals surface area contributed by atoms with Crippen molar-refractivity contribution in [3.8, 4) is 11.8 Å². The Balaban J connectivity index is 4.60. The molecule has 4 heteroatoms. The zero-order valence-corrected chi connectivity index (χ0v) is 11.9. The molecule has 1 N–H and O–H groups in total. The van der Waals surface area contributed by atoms with Gasteiger partial charge in [-0.05, 0) is 19.3 Å². The summed E-state index contributed by atoms with van der Waals surface area (Å²) in [5.74, 6) is 4.06. The quantitative estimate of drug-likeness (QED) is 0.351. The predicted octanol–water partition coefficient (Wildman–Crippen LogP) is 1.74. The van der Waals surface area contributed by atoms with Gasteiger partial charge in [-0.2, -0.15) is 0 Å². The van der Waals surface area contributed by atoms with Gasteiger partial charge in [0, 0.05) is 13.0 Å². The van der Waals surface area contributed by atoms with Gasteiger partial charge in [0.2, 0.25) is 5.91 Å². The van der Waals surface area contributed by atoms with E-state index < -0.39 is 17.3 Å². The Hall–Kier alpha value is -1.50. The lowest BCUT2D eigenvalue weighted by molar-refractivity contribution is -0.156. The number of carbonyl (C=O) groups excluding carboxylic acids is 2. The van der Waals surface area contributed by atoms with Crippen LogP contribution >= 0.6 is 0 Å². The largest absolute Gasteiger partial charge is 0.465 e. The number of hydrogen-bond acceptors (Lipinski definition) is 3. The van der Waals surface area contributed by atoms with Gasteiger partial charge in [0.25, 0.3) is 0 Å². The first-order chi connectivity index (χ1) is 8.34. The molecule has 18 heavy (non-hydrogen) atoms. The molecular formula is C14H23NO3. The summed E-state index contributed by atoms with van der Waals surface area (Å²) in [4.78, 5) is 23.8. The minimum absolute atomic E-state index is 0.278. The SMILES string of the molecule is CC#CCCNC(=O)C(C(=O)OCC)C(C)(C)C. The molecule has 0 bridgehead atoms. The van der Waals surface area contributed by atoms with Gasteiger partial charge in [-0.25, -0.2) is 0 Å². The minimum atomic E-state index is -0.785. The highest BCUT2D eigenvalue weighted by atomic mass is 16.5. The van der Waals surface area contributed by atoms with Crippen LogP contribution in [-0.4, -0.2) is 25.0 Å². The molecule has 0 rings (SSSR count). The molecular weight excluding hydrogens is 230 g/mol. The van der Waals surface area contributed by atoms with Crippen LogP contribution in [0.15, 0.2) is 0 Å². The molecule has 1 unspecified atom stereocenters. The zero-order valence-electron chi connectivity index (χ0n) is 11.9. The molecule has 0 radical (unpaired) electrons. The maximum atomic E-state index is 12.0. The maximum absolute atomic E-state index is 12.0. The first-order valence-electron chi connectivity index (χ1n) is 6.18. The van der Waals surface area contributed by atoms with Crippen molar-refractivity contribution in [2.75, 3.05) is 13.2 Å². The second kappa shape index (κ2) is 7.75. The van der Waals surface area contributed by atoms with Crippen molar-refractivity contribution < 1.29 is 14.3 Å². The molecule has 1 atom stereocenters. The van der Waals surface area contributed by atoms with E-state index in [4.69, 9.17) is 4.74 Å². The maximum Gasteiger partial charge on any atom is 0.319 e. The van der Waals surface area contributed by atoms with E-state index in [1.807, 2.05) is 20.8 Å². The van der Waals surface area contributed by atoms with E-state index >= 15 is 0 Å². The third-order valence-electron chi connectivity index (χ3n) is 2.38. The Bertz CT molecular complexity index is 344. The Kier molecular flexibility index (Phi) is 7.11. The standard InChI is InChI=1S/C14H23NO3/c1-6-8-9-10-15-12(16)11(14(3,4)5)13(17)18-7-2/h11H,7,9-10H2,1-5H3,(H,15,16). The van der Waals surface area contributed by atoms with Crippen molar-refractivity contribution in [1.29, 1.82) is 0 Å². The van der Waals surface area contributed by atoms with Crippen molar-refractivity contribution in [2.24, 2.45) is 11.3 Å². The highest BCUT2D eigenvalue weighted by Gasteiger charge is 2.38. The average molecular weight is 253 g/mol. The number of rotatable bonds is 5. The summed E-state index contributed by atoms with van der Waals surface area (Å²) in [6, 6.07) is 0. The molecule has 0 aliphatic carbocycles. The van der Waals surface area contributed by atoms with Crippen LogP contribution in [0.4, 0.5) is 0 Å². The highest BCUT2D eigenvalue weighted by Crippen LogP contribution is 2.27. The Labute approximate surface area is 109 Å². The molecule has 0 saturated heterocycles. The zero-order chi connectivity index (χ0) is 14.2. The van der Waals surface area contributed by atoms with Gasteiger partial charge in [0.1, 0.15) is 5.92 Å². The third-order valence-corrected chi connectivity index (χ3v) is 2.38. The normalized spacial score (nSPS) is 12.1. The summed E-state index contributed by atoms with van der Waals surface area (Å²) in [6.07, 6.45) is 0.585. The fourth-order valence-corrected chi connectivity index (χ4v) is 1.55. The van der Waals surface area contributed by atoms with Gasteiger partial charge in [-0.15, -0.1) is 11.8 Å². The summed E-state index contributed by atoms with van der Waals surface area (Å²) in [5.41, 5.74) is -0.466. The molecule has 0 heterocycles. The lowest BCUT2D eigenvalue weighted by atomic mass is 9.80. The number of hydrogen-bond donors (Lipinski definition) is 1. The molecule has 4 nitrogen and oxygen atoms in total. The second-order valence-corrected chi connectivity index (χ2v) is 5.02. The second-order valence-electron chi connectivity index (χ2n) is 5.02. The van der Waals surface area contributed by atoms with Crippen LogP contribution in [0.3, 0.4) is 0 Å². The van der Waals surface area contributed by atoms with Gasteiger partial charge in [-0.1, -0.05) is 20.8 Å². The van der Waals surface area contributed by atoms with Crippen molar-refractivity contribution in [1.82, 2.24) is 5.32 Å². The molecule has 0 aromatic heterocycles. The fraction of sp³-hybridized carbons (Fsp3) is 0.714. The van der Waals surface area contributed by atoms with Gasteiger partial charge < -0.3 is 10.1 Å². The van der Waals surface area contributed by atoms with Gasteiger partial charge in [0.05, 0.1) is 6.61 Å². The van der Waals surface area contributed by atoms with Crippen LogP contribution in [0, 0.1) is 23.2 Å². The smallest absolute Gasteiger partial charge is 0.319 e. The van der Waals surface area contributed by atoms with Gasteiger partial charge in [0.15, 0.2) is 0 Å². The number of ether oxygens (including phenoxy) is 1. The monoisotopic (exact) mass is 253 g/mol. The Morgan fingerprint density at radius 3 is 2.39 bits per heavy atom. The summed E-state index contributed by atoms with van der Waals surface area (Å²) in [6.45, 7) is 9.75. The van der Waals surface area contributed by atoms with Gasteiger partial charge >= 0.3 is 5.97 Å². The average Bonchev–Trinajstić information content (AvgIpc) is 2.23. The summed E-state index contributed by atoms with van der Waals surface area (Å²) in [7, 11) is 0. The number of nitrogens with one attached hydrogen (secondary N) is 1. The van der Waals surface area contributed by atoms with Gasteiger partial charge in [-0.3, -0.25) is 9.59 Å². The van der Waals surface area contributed by atoms with E-state index in [2.05, 4.69) is 17.2 Å². The van der Waals surface area contributed by atoms with E-state index in [1.54, 1.807) is 13.8 Å². The number of esters is 1. The molecule has 1 amide bonds. The van der Waals surface area contributed by atoms with E-state index in [-0.39, 0.29) is 12.5 Å². The molecule has 0 aromatic carbocycles. The van der Waals surface area contributed by atoms with Crippen LogP contribution in [0.1, 0.15) is 41.0 Å². The lowest BCUT2D eigenvalue weighted by Crippen LogP contribution is -2.43. The third kappa shape index (κ3) is 5.72. The minimum Gasteiger partial charge on any atom is -0.465 e. The van der Waals surface area contributed by atoms with Crippen LogP contribution < -0.4 is 5.32 Å². The van der Waals surface area contributed by atoms with E-state index in [1.165, 1.54) is 0 Å². The molecule has 0 aliphatic rings.